The number of rotatable bonds is 1. The van der Waals surface area contributed by atoms with Gasteiger partial charge in [-0.15, -0.1) is 0 Å². The molecular weight excluding hydrogens is 260 g/mol. The van der Waals surface area contributed by atoms with E-state index in [0.717, 1.165) is 35.4 Å². The third-order valence-corrected chi connectivity index (χ3v) is 4.19. The molecule has 0 radical (unpaired) electrons. The van der Waals surface area contributed by atoms with E-state index in [9.17, 15) is 0 Å². The Kier molecular flexibility index (Phi) is 2.64. The summed E-state index contributed by atoms with van der Waals surface area (Å²) in [5.74, 6) is 1.08. The monoisotopic (exact) mass is 278 g/mol. The van der Waals surface area contributed by atoms with Gasteiger partial charge in [0, 0.05) is 17.6 Å². The topological polar surface area (TPSA) is 55.9 Å². The lowest BCUT2D eigenvalue weighted by Crippen LogP contribution is -2.24. The minimum absolute atomic E-state index is 0.287. The van der Waals surface area contributed by atoms with Crippen LogP contribution in [0.25, 0.3) is 10.9 Å². The van der Waals surface area contributed by atoms with Crippen molar-refractivity contribution >= 4 is 22.4 Å². The Morgan fingerprint density at radius 1 is 1.19 bits per heavy atom. The van der Waals surface area contributed by atoms with E-state index in [2.05, 4.69) is 41.2 Å². The van der Waals surface area contributed by atoms with E-state index in [-0.39, 0.29) is 6.04 Å². The maximum absolute atomic E-state index is 5.91. The van der Waals surface area contributed by atoms with Gasteiger partial charge >= 0.3 is 0 Å². The molecule has 0 spiro atoms. The molecule has 1 unspecified atom stereocenters. The molecule has 0 fully saturated rings. The number of nitrogens with two attached hydrogens (primary N) is 1. The van der Waals surface area contributed by atoms with E-state index in [0.29, 0.717) is 0 Å². The number of aromatic nitrogens is 2. The number of hydrogen-bond acceptors (Lipinski definition) is 3. The Hall–Kier alpha value is -2.49. The van der Waals surface area contributed by atoms with Crippen LogP contribution in [0, 0.1) is 6.92 Å². The van der Waals surface area contributed by atoms with Crippen LogP contribution in [0.5, 0.6) is 0 Å². The molecule has 2 heterocycles. The summed E-state index contributed by atoms with van der Waals surface area (Å²) in [4.78, 5) is 0. The first-order valence-corrected chi connectivity index (χ1v) is 7.30. The van der Waals surface area contributed by atoms with Gasteiger partial charge in [0.05, 0.1) is 11.6 Å². The Morgan fingerprint density at radius 3 is 2.81 bits per heavy atom. The second-order valence-corrected chi connectivity index (χ2v) is 5.71. The van der Waals surface area contributed by atoms with Crippen LogP contribution in [0.2, 0.25) is 0 Å². The molecule has 1 aliphatic rings. The van der Waals surface area contributed by atoms with Crippen molar-refractivity contribution in [3.63, 3.8) is 0 Å². The van der Waals surface area contributed by atoms with Crippen molar-refractivity contribution < 1.29 is 0 Å². The average molecular weight is 278 g/mol. The molecule has 0 saturated heterocycles. The molecule has 1 aromatic heterocycles. The second-order valence-electron chi connectivity index (χ2n) is 5.71. The fourth-order valence-electron chi connectivity index (χ4n) is 3.07. The van der Waals surface area contributed by atoms with Gasteiger partial charge in [0.25, 0.3) is 0 Å². The number of fused-ring (bicyclic) bond motifs is 3. The highest BCUT2D eigenvalue weighted by atomic mass is 15.4. The first kappa shape index (κ1) is 12.3. The molecule has 2 aromatic carbocycles. The highest BCUT2D eigenvalue weighted by Crippen LogP contribution is 2.35. The summed E-state index contributed by atoms with van der Waals surface area (Å²) in [5, 5.41) is 9.35. The van der Waals surface area contributed by atoms with Gasteiger partial charge in [-0.3, -0.25) is 0 Å². The lowest BCUT2D eigenvalue weighted by Gasteiger charge is -2.26. The van der Waals surface area contributed by atoms with Crippen molar-refractivity contribution in [1.82, 2.24) is 9.78 Å². The number of nitrogen functional groups attached to an aromatic ring is 1. The number of nitrogens with one attached hydrogen (secondary N) is 1. The van der Waals surface area contributed by atoms with Crippen molar-refractivity contribution in [2.45, 2.75) is 19.4 Å². The van der Waals surface area contributed by atoms with Crippen LogP contribution >= 0.6 is 0 Å². The molecule has 0 aliphatic carbocycles. The molecular formula is C17H18N4. The summed E-state index contributed by atoms with van der Waals surface area (Å²) in [6.07, 6.45) is 1.04. The fourth-order valence-corrected chi connectivity index (χ4v) is 3.07. The van der Waals surface area contributed by atoms with E-state index < -0.39 is 0 Å². The molecule has 4 nitrogen and oxygen atoms in total. The number of hydrogen-bond donors (Lipinski definition) is 2. The zero-order valence-electron chi connectivity index (χ0n) is 12.0. The molecule has 0 amide bonds. The van der Waals surface area contributed by atoms with Gasteiger partial charge in [-0.25, -0.2) is 4.68 Å². The Morgan fingerprint density at radius 2 is 2.00 bits per heavy atom. The molecule has 106 valence electrons. The van der Waals surface area contributed by atoms with Crippen LogP contribution in [0.4, 0.5) is 11.5 Å². The third kappa shape index (κ3) is 1.95. The molecule has 21 heavy (non-hydrogen) atoms. The summed E-state index contributed by atoms with van der Waals surface area (Å²) in [5.41, 5.74) is 10.3. The summed E-state index contributed by atoms with van der Waals surface area (Å²) >= 11 is 0. The van der Waals surface area contributed by atoms with Gasteiger partial charge in [0.15, 0.2) is 0 Å². The van der Waals surface area contributed by atoms with Gasteiger partial charge < -0.3 is 11.1 Å². The van der Waals surface area contributed by atoms with Gasteiger partial charge in [0.1, 0.15) is 5.82 Å². The smallest absolute Gasteiger partial charge is 0.133 e. The molecule has 3 aromatic rings. The van der Waals surface area contributed by atoms with Crippen LogP contribution in [0.15, 0.2) is 42.5 Å². The third-order valence-electron chi connectivity index (χ3n) is 4.19. The summed E-state index contributed by atoms with van der Waals surface area (Å²) in [6.45, 7) is 3.07. The van der Waals surface area contributed by atoms with Gasteiger partial charge in [-0.1, -0.05) is 29.8 Å². The zero-order valence-corrected chi connectivity index (χ0v) is 12.0. The van der Waals surface area contributed by atoms with Crippen molar-refractivity contribution in [3.8, 4) is 0 Å². The van der Waals surface area contributed by atoms with Crippen molar-refractivity contribution in [2.24, 2.45) is 0 Å². The normalized spacial score (nSPS) is 17.5. The highest BCUT2D eigenvalue weighted by Gasteiger charge is 2.24. The van der Waals surface area contributed by atoms with Gasteiger partial charge in [0.2, 0.25) is 0 Å². The molecule has 1 aliphatic heterocycles. The minimum Gasteiger partial charge on any atom is -0.399 e. The quantitative estimate of drug-likeness (QED) is 0.671. The zero-order chi connectivity index (χ0) is 14.4. The average Bonchev–Trinajstić information content (AvgIpc) is 2.86. The lowest BCUT2D eigenvalue weighted by atomic mass is 10.0. The van der Waals surface area contributed by atoms with Crippen LogP contribution < -0.4 is 11.1 Å². The number of anilines is 2. The summed E-state index contributed by atoms with van der Waals surface area (Å²) < 4.78 is 2.11. The maximum Gasteiger partial charge on any atom is 0.133 e. The number of nitrogens with zero attached hydrogens (tertiary/aromatic N) is 2. The largest absolute Gasteiger partial charge is 0.399 e. The van der Waals surface area contributed by atoms with Crippen LogP contribution in [0.3, 0.4) is 0 Å². The second kappa shape index (κ2) is 4.52. The fraction of sp³-hybridized carbons (Fsp3) is 0.235. The van der Waals surface area contributed by atoms with Crippen molar-refractivity contribution in [2.75, 3.05) is 17.6 Å². The van der Waals surface area contributed by atoms with Crippen molar-refractivity contribution in [1.29, 1.82) is 0 Å². The summed E-state index contributed by atoms with van der Waals surface area (Å²) in [6, 6.07) is 14.9. The SMILES string of the molecule is Cc1ccc(C2CCNc3c4cc(N)ccc4nn32)cc1. The Labute approximate surface area is 123 Å². The van der Waals surface area contributed by atoms with E-state index in [1.807, 2.05) is 18.2 Å². The molecule has 4 heteroatoms. The standard InChI is InChI=1S/C17H18N4/c1-11-2-4-12(5-3-11)16-8-9-19-17-14-10-13(18)6-7-15(14)20-21(16)17/h2-7,10,16,19H,8-9,18H2,1H3. The molecule has 0 saturated carbocycles. The van der Waals surface area contributed by atoms with E-state index in [1.165, 1.54) is 11.1 Å². The molecule has 4 rings (SSSR count). The highest BCUT2D eigenvalue weighted by molar-refractivity contribution is 5.92. The first-order valence-electron chi connectivity index (χ1n) is 7.30. The van der Waals surface area contributed by atoms with Gasteiger partial charge in [-0.05, 0) is 37.1 Å². The van der Waals surface area contributed by atoms with Crippen LogP contribution in [-0.2, 0) is 0 Å². The van der Waals surface area contributed by atoms with Crippen molar-refractivity contribution in [3.05, 3.63) is 53.6 Å². The molecule has 0 bridgehead atoms. The number of benzene rings is 2. The Bertz CT molecular complexity index is 802. The summed E-state index contributed by atoms with van der Waals surface area (Å²) in [7, 11) is 0. The first-order chi connectivity index (χ1) is 10.2. The Balaban J connectivity index is 1.88. The van der Waals surface area contributed by atoms with E-state index in [1.54, 1.807) is 0 Å². The van der Waals surface area contributed by atoms with Crippen LogP contribution in [0.1, 0.15) is 23.6 Å². The minimum atomic E-state index is 0.287. The van der Waals surface area contributed by atoms with E-state index >= 15 is 0 Å². The molecule has 3 N–H and O–H groups in total. The van der Waals surface area contributed by atoms with Gasteiger partial charge in [-0.2, -0.15) is 5.10 Å². The van der Waals surface area contributed by atoms with Crippen LogP contribution in [-0.4, -0.2) is 16.3 Å². The predicted molar refractivity (Wildman–Crippen MR) is 86.6 cm³/mol. The predicted octanol–water partition coefficient (Wildman–Crippen LogP) is 3.33. The maximum atomic E-state index is 5.91. The van der Waals surface area contributed by atoms with E-state index in [4.69, 9.17) is 10.8 Å². The lowest BCUT2D eigenvalue weighted by molar-refractivity contribution is 0.485. The number of aryl methyl sites for hydroxylation is 1. The molecule has 1 atom stereocenters.